The molecule has 1 amide bonds. The molecule has 1 atom stereocenters. The third-order valence-corrected chi connectivity index (χ3v) is 3.62. The first-order chi connectivity index (χ1) is 9.13. The maximum Gasteiger partial charge on any atom is 0.325 e. The van der Waals surface area contributed by atoms with E-state index >= 15 is 0 Å². The second kappa shape index (κ2) is 8.18. The molecule has 4 heteroatoms. The summed E-state index contributed by atoms with van der Waals surface area (Å²) in [5.74, 6) is -0.0745. The molecule has 4 nitrogen and oxygen atoms in total. The van der Waals surface area contributed by atoms with Crippen molar-refractivity contribution in [1.82, 2.24) is 4.90 Å². The Bertz CT molecular complexity index is 300. The lowest BCUT2D eigenvalue weighted by Gasteiger charge is -2.26. The number of nitrogens with zero attached hydrogens (tertiary/aromatic N) is 1. The van der Waals surface area contributed by atoms with E-state index in [-0.39, 0.29) is 30.4 Å². The zero-order valence-electron chi connectivity index (χ0n) is 12.5. The first-order valence-electron chi connectivity index (χ1n) is 7.60. The fourth-order valence-corrected chi connectivity index (χ4v) is 2.31. The Kier molecular flexibility index (Phi) is 6.89. The van der Waals surface area contributed by atoms with Gasteiger partial charge in [0.05, 0.1) is 6.61 Å². The Morgan fingerprint density at radius 2 is 1.95 bits per heavy atom. The van der Waals surface area contributed by atoms with Crippen LogP contribution in [0.3, 0.4) is 0 Å². The summed E-state index contributed by atoms with van der Waals surface area (Å²) < 4.78 is 4.96. The SMILES string of the molecule is CCCCC(CC)C(=O)N(CC(=O)OCC)C1CC1. The zero-order valence-corrected chi connectivity index (χ0v) is 12.5. The molecule has 1 unspecified atom stereocenters. The number of esters is 1. The van der Waals surface area contributed by atoms with Crippen LogP contribution in [0.5, 0.6) is 0 Å². The van der Waals surface area contributed by atoms with Gasteiger partial charge in [-0.15, -0.1) is 0 Å². The lowest BCUT2D eigenvalue weighted by Crippen LogP contribution is -2.41. The highest BCUT2D eigenvalue weighted by Gasteiger charge is 2.36. The molecule has 0 spiro atoms. The van der Waals surface area contributed by atoms with Crippen LogP contribution in [0.1, 0.15) is 59.3 Å². The minimum Gasteiger partial charge on any atom is -0.465 e. The van der Waals surface area contributed by atoms with Gasteiger partial charge in [-0.3, -0.25) is 9.59 Å². The minimum atomic E-state index is -0.284. The summed E-state index contributed by atoms with van der Waals surface area (Å²) in [5.41, 5.74) is 0. The minimum absolute atomic E-state index is 0.0648. The van der Waals surface area contributed by atoms with Crippen molar-refractivity contribution in [3.63, 3.8) is 0 Å². The monoisotopic (exact) mass is 269 g/mol. The second-order valence-electron chi connectivity index (χ2n) is 5.25. The van der Waals surface area contributed by atoms with Gasteiger partial charge in [0.25, 0.3) is 0 Å². The number of hydrogen-bond acceptors (Lipinski definition) is 3. The molecule has 1 aliphatic rings. The average Bonchev–Trinajstić information content (AvgIpc) is 3.21. The Labute approximate surface area is 116 Å². The van der Waals surface area contributed by atoms with Crippen LogP contribution in [0, 0.1) is 5.92 Å². The van der Waals surface area contributed by atoms with E-state index in [1.54, 1.807) is 11.8 Å². The highest BCUT2D eigenvalue weighted by molar-refractivity contribution is 5.84. The van der Waals surface area contributed by atoms with E-state index in [0.29, 0.717) is 6.61 Å². The molecular weight excluding hydrogens is 242 g/mol. The van der Waals surface area contributed by atoms with Crippen LogP contribution >= 0.6 is 0 Å². The fourth-order valence-electron chi connectivity index (χ4n) is 2.31. The van der Waals surface area contributed by atoms with Crippen LogP contribution in [-0.2, 0) is 14.3 Å². The van der Waals surface area contributed by atoms with Crippen molar-refractivity contribution in [2.75, 3.05) is 13.2 Å². The maximum atomic E-state index is 12.5. The molecule has 0 aliphatic heterocycles. The Hall–Kier alpha value is -1.06. The van der Waals surface area contributed by atoms with E-state index in [1.807, 2.05) is 6.92 Å². The molecule has 0 heterocycles. The van der Waals surface area contributed by atoms with Crippen LogP contribution in [0.4, 0.5) is 0 Å². The van der Waals surface area contributed by atoms with Gasteiger partial charge in [0.15, 0.2) is 0 Å². The molecule has 0 N–H and O–H groups in total. The maximum absolute atomic E-state index is 12.5. The predicted octanol–water partition coefficient (Wildman–Crippen LogP) is 2.76. The van der Waals surface area contributed by atoms with Crippen molar-refractivity contribution in [3.05, 3.63) is 0 Å². The van der Waals surface area contributed by atoms with Gasteiger partial charge >= 0.3 is 5.97 Å². The highest BCUT2D eigenvalue weighted by Crippen LogP contribution is 2.29. The molecule has 110 valence electrons. The molecule has 0 bridgehead atoms. The van der Waals surface area contributed by atoms with Crippen molar-refractivity contribution in [2.45, 2.75) is 65.3 Å². The van der Waals surface area contributed by atoms with Gasteiger partial charge in [-0.05, 0) is 32.6 Å². The van der Waals surface area contributed by atoms with Crippen molar-refractivity contribution in [1.29, 1.82) is 0 Å². The van der Waals surface area contributed by atoms with Crippen molar-refractivity contribution in [2.24, 2.45) is 5.92 Å². The fraction of sp³-hybridized carbons (Fsp3) is 0.867. The van der Waals surface area contributed by atoms with Gasteiger partial charge in [0.1, 0.15) is 6.54 Å². The number of ether oxygens (including phenoxy) is 1. The number of hydrogen-bond donors (Lipinski definition) is 0. The van der Waals surface area contributed by atoms with Crippen molar-refractivity contribution < 1.29 is 14.3 Å². The zero-order chi connectivity index (χ0) is 14.3. The standard InChI is InChI=1S/C15H27NO3/c1-4-7-8-12(5-2)15(18)16(13-9-10-13)11-14(17)19-6-3/h12-13H,4-11H2,1-3H3. The van der Waals surface area contributed by atoms with Gasteiger partial charge in [0.2, 0.25) is 5.91 Å². The third-order valence-electron chi connectivity index (χ3n) is 3.62. The topological polar surface area (TPSA) is 46.6 Å². The number of carbonyl (C=O) groups is 2. The normalized spacial score (nSPS) is 15.9. The van der Waals surface area contributed by atoms with Crippen LogP contribution < -0.4 is 0 Å². The van der Waals surface area contributed by atoms with Gasteiger partial charge in [-0.25, -0.2) is 0 Å². The molecule has 0 aromatic carbocycles. The summed E-state index contributed by atoms with van der Waals surface area (Å²) in [6.45, 7) is 6.47. The molecule has 1 fully saturated rings. The molecule has 1 rings (SSSR count). The molecule has 1 saturated carbocycles. The van der Waals surface area contributed by atoms with E-state index in [2.05, 4.69) is 6.92 Å². The molecule has 19 heavy (non-hydrogen) atoms. The summed E-state index contributed by atoms with van der Waals surface area (Å²) in [6.07, 6.45) is 6.00. The summed E-state index contributed by atoms with van der Waals surface area (Å²) in [7, 11) is 0. The summed E-state index contributed by atoms with van der Waals surface area (Å²) in [4.78, 5) is 25.9. The van der Waals surface area contributed by atoms with Crippen LogP contribution in [0.15, 0.2) is 0 Å². The van der Waals surface area contributed by atoms with E-state index in [9.17, 15) is 9.59 Å². The van der Waals surface area contributed by atoms with Gasteiger partial charge in [-0.2, -0.15) is 0 Å². The smallest absolute Gasteiger partial charge is 0.325 e. The Balaban J connectivity index is 2.58. The quantitative estimate of drug-likeness (QED) is 0.605. The van der Waals surface area contributed by atoms with Gasteiger partial charge < -0.3 is 9.64 Å². The van der Waals surface area contributed by atoms with E-state index < -0.39 is 0 Å². The molecule has 0 aromatic rings. The predicted molar refractivity (Wildman–Crippen MR) is 74.7 cm³/mol. The van der Waals surface area contributed by atoms with Crippen LogP contribution in [-0.4, -0.2) is 36.0 Å². The van der Waals surface area contributed by atoms with Gasteiger partial charge in [-0.1, -0.05) is 26.7 Å². The molecule has 1 aliphatic carbocycles. The molecular formula is C15H27NO3. The summed E-state index contributed by atoms with van der Waals surface area (Å²) >= 11 is 0. The summed E-state index contributed by atoms with van der Waals surface area (Å²) in [5, 5.41) is 0. The molecule has 0 radical (unpaired) electrons. The number of amides is 1. The lowest BCUT2D eigenvalue weighted by atomic mass is 9.97. The van der Waals surface area contributed by atoms with Gasteiger partial charge in [0, 0.05) is 12.0 Å². The second-order valence-corrected chi connectivity index (χ2v) is 5.25. The number of unbranched alkanes of at least 4 members (excludes halogenated alkanes) is 1. The largest absolute Gasteiger partial charge is 0.465 e. The molecule has 0 aromatic heterocycles. The van der Waals surface area contributed by atoms with E-state index in [1.165, 1.54) is 0 Å². The number of rotatable bonds is 9. The van der Waals surface area contributed by atoms with Crippen molar-refractivity contribution in [3.8, 4) is 0 Å². The Morgan fingerprint density at radius 1 is 1.26 bits per heavy atom. The molecule has 0 saturated heterocycles. The third kappa shape index (κ3) is 5.21. The van der Waals surface area contributed by atoms with Crippen LogP contribution in [0.2, 0.25) is 0 Å². The number of carbonyl (C=O) groups excluding carboxylic acids is 2. The van der Waals surface area contributed by atoms with Crippen molar-refractivity contribution >= 4 is 11.9 Å². The lowest BCUT2D eigenvalue weighted by molar-refractivity contribution is -0.150. The summed E-state index contributed by atoms with van der Waals surface area (Å²) in [6, 6.07) is 0.271. The van der Waals surface area contributed by atoms with E-state index in [0.717, 1.165) is 38.5 Å². The average molecular weight is 269 g/mol. The first kappa shape index (κ1) is 16.0. The van der Waals surface area contributed by atoms with E-state index in [4.69, 9.17) is 4.74 Å². The highest BCUT2D eigenvalue weighted by atomic mass is 16.5. The first-order valence-corrected chi connectivity index (χ1v) is 7.60. The Morgan fingerprint density at radius 3 is 2.42 bits per heavy atom. The van der Waals surface area contributed by atoms with Crippen LogP contribution in [0.25, 0.3) is 0 Å².